The van der Waals surface area contributed by atoms with E-state index in [0.29, 0.717) is 10.8 Å². The van der Waals surface area contributed by atoms with Crippen LogP contribution in [0.15, 0.2) is 42.5 Å². The van der Waals surface area contributed by atoms with Crippen molar-refractivity contribution in [1.82, 2.24) is 0 Å². The second-order valence-corrected chi connectivity index (χ2v) is 4.74. The van der Waals surface area contributed by atoms with E-state index in [1.807, 2.05) is 6.92 Å². The van der Waals surface area contributed by atoms with Gasteiger partial charge in [0.25, 0.3) is 0 Å². The fraction of sp³-hybridized carbons (Fsp3) is 0.125. The van der Waals surface area contributed by atoms with E-state index in [1.165, 1.54) is 19.2 Å². The van der Waals surface area contributed by atoms with Gasteiger partial charge in [-0.05, 0) is 42.8 Å². The number of benzene rings is 2. The van der Waals surface area contributed by atoms with Gasteiger partial charge in [0.2, 0.25) is 0 Å². The highest BCUT2D eigenvalue weighted by Gasteiger charge is 2.18. The number of carbonyl (C=O) groups is 2. The molecule has 5 heteroatoms. The molecule has 0 amide bonds. The smallest absolute Gasteiger partial charge is 0.344 e. The largest absolute Gasteiger partial charge is 0.465 e. The van der Waals surface area contributed by atoms with E-state index < -0.39 is 11.9 Å². The zero-order valence-corrected chi connectivity index (χ0v) is 12.3. The first-order valence-corrected chi connectivity index (χ1v) is 6.56. The van der Waals surface area contributed by atoms with Gasteiger partial charge in [0, 0.05) is 5.02 Å². The summed E-state index contributed by atoms with van der Waals surface area (Å²) < 4.78 is 9.91. The molecule has 0 N–H and O–H groups in total. The maximum atomic E-state index is 12.2. The summed E-state index contributed by atoms with van der Waals surface area (Å²) in [5, 5.41) is 0.588. The van der Waals surface area contributed by atoms with E-state index in [-0.39, 0.29) is 11.1 Å². The van der Waals surface area contributed by atoms with Gasteiger partial charge in [0.1, 0.15) is 5.75 Å². The van der Waals surface area contributed by atoms with Crippen molar-refractivity contribution >= 4 is 23.5 Å². The molecular weight excluding hydrogens is 292 g/mol. The van der Waals surface area contributed by atoms with Gasteiger partial charge < -0.3 is 9.47 Å². The average molecular weight is 305 g/mol. The minimum atomic E-state index is -0.627. The predicted octanol–water partition coefficient (Wildman–Crippen LogP) is 3.65. The Morgan fingerprint density at radius 2 is 1.62 bits per heavy atom. The summed E-state index contributed by atoms with van der Waals surface area (Å²) in [4.78, 5) is 23.8. The molecule has 4 nitrogen and oxygen atoms in total. The SMILES string of the molecule is COC(=O)c1ccccc1C(=O)Oc1ccc(Cl)c(C)c1. The van der Waals surface area contributed by atoms with E-state index in [4.69, 9.17) is 16.3 Å². The van der Waals surface area contributed by atoms with Crippen LogP contribution in [0.5, 0.6) is 5.75 Å². The molecule has 2 aromatic rings. The van der Waals surface area contributed by atoms with Gasteiger partial charge in [0.15, 0.2) is 0 Å². The summed E-state index contributed by atoms with van der Waals surface area (Å²) in [6.07, 6.45) is 0. The molecule has 0 fully saturated rings. The quantitative estimate of drug-likeness (QED) is 0.641. The highest BCUT2D eigenvalue weighted by Crippen LogP contribution is 2.22. The Morgan fingerprint density at radius 1 is 1.00 bits per heavy atom. The van der Waals surface area contributed by atoms with Crippen LogP contribution in [-0.4, -0.2) is 19.0 Å². The molecule has 0 bridgehead atoms. The Kier molecular flexibility index (Phi) is 4.60. The number of hydrogen-bond acceptors (Lipinski definition) is 4. The summed E-state index contributed by atoms with van der Waals surface area (Å²) in [6.45, 7) is 1.81. The lowest BCUT2D eigenvalue weighted by atomic mass is 10.1. The third-order valence-corrected chi connectivity index (χ3v) is 3.32. The molecule has 0 spiro atoms. The van der Waals surface area contributed by atoms with Crippen LogP contribution in [0.3, 0.4) is 0 Å². The first-order chi connectivity index (χ1) is 10.0. The number of halogens is 1. The Morgan fingerprint density at radius 3 is 2.19 bits per heavy atom. The third kappa shape index (κ3) is 3.41. The van der Waals surface area contributed by atoms with Crippen LogP contribution in [0.1, 0.15) is 26.3 Å². The molecule has 0 unspecified atom stereocenters. The first kappa shape index (κ1) is 15.1. The van der Waals surface area contributed by atoms with Crippen LogP contribution in [0.25, 0.3) is 0 Å². The summed E-state index contributed by atoms with van der Waals surface area (Å²) in [6, 6.07) is 11.2. The summed E-state index contributed by atoms with van der Waals surface area (Å²) >= 11 is 5.92. The zero-order chi connectivity index (χ0) is 15.4. The number of aryl methyl sites for hydroxylation is 1. The fourth-order valence-electron chi connectivity index (χ4n) is 1.79. The van der Waals surface area contributed by atoms with Gasteiger partial charge in [-0.2, -0.15) is 0 Å². The second kappa shape index (κ2) is 6.41. The molecule has 108 valence electrons. The van der Waals surface area contributed by atoms with Gasteiger partial charge in [-0.1, -0.05) is 23.7 Å². The molecule has 0 aliphatic carbocycles. The van der Waals surface area contributed by atoms with Gasteiger partial charge in [-0.15, -0.1) is 0 Å². The number of methoxy groups -OCH3 is 1. The lowest BCUT2D eigenvalue weighted by Crippen LogP contribution is -2.15. The first-order valence-electron chi connectivity index (χ1n) is 6.18. The topological polar surface area (TPSA) is 52.6 Å². The maximum Gasteiger partial charge on any atom is 0.344 e. The maximum absolute atomic E-state index is 12.2. The van der Waals surface area contributed by atoms with Gasteiger partial charge >= 0.3 is 11.9 Å². The predicted molar refractivity (Wildman–Crippen MR) is 78.9 cm³/mol. The molecule has 0 saturated carbocycles. The summed E-state index contributed by atoms with van der Waals surface area (Å²) in [5.74, 6) is -0.853. The standard InChI is InChI=1S/C16H13ClO4/c1-10-9-11(7-8-14(10)17)21-16(19)13-6-4-3-5-12(13)15(18)20-2/h3-9H,1-2H3. The molecule has 2 rings (SSSR count). The summed E-state index contributed by atoms with van der Waals surface area (Å²) in [7, 11) is 1.26. The van der Waals surface area contributed by atoms with Gasteiger partial charge in [0.05, 0.1) is 18.2 Å². The second-order valence-electron chi connectivity index (χ2n) is 4.34. The van der Waals surface area contributed by atoms with E-state index in [9.17, 15) is 9.59 Å². The molecule has 21 heavy (non-hydrogen) atoms. The minimum Gasteiger partial charge on any atom is -0.465 e. The van der Waals surface area contributed by atoms with Crippen molar-refractivity contribution in [2.45, 2.75) is 6.92 Å². The van der Waals surface area contributed by atoms with Gasteiger partial charge in [-0.3, -0.25) is 0 Å². The Hall–Kier alpha value is -2.33. The van der Waals surface area contributed by atoms with Crippen molar-refractivity contribution in [3.63, 3.8) is 0 Å². The number of carbonyl (C=O) groups excluding carboxylic acids is 2. The van der Waals surface area contributed by atoms with Crippen LogP contribution in [0.2, 0.25) is 5.02 Å². The van der Waals surface area contributed by atoms with Crippen molar-refractivity contribution in [3.05, 3.63) is 64.2 Å². The third-order valence-electron chi connectivity index (χ3n) is 2.89. The van der Waals surface area contributed by atoms with Crippen molar-refractivity contribution in [3.8, 4) is 5.75 Å². The zero-order valence-electron chi connectivity index (χ0n) is 11.6. The number of esters is 2. The minimum absolute atomic E-state index is 0.150. The lowest BCUT2D eigenvalue weighted by Gasteiger charge is -2.09. The van der Waals surface area contributed by atoms with Crippen molar-refractivity contribution in [2.75, 3.05) is 7.11 Å². The van der Waals surface area contributed by atoms with Gasteiger partial charge in [-0.25, -0.2) is 9.59 Å². The molecule has 0 saturated heterocycles. The Balaban J connectivity index is 2.28. The average Bonchev–Trinajstić information content (AvgIpc) is 2.50. The number of hydrogen-bond donors (Lipinski definition) is 0. The van der Waals surface area contributed by atoms with Crippen molar-refractivity contribution in [2.24, 2.45) is 0 Å². The molecule has 0 atom stereocenters. The van der Waals surface area contributed by atoms with Crippen LogP contribution in [0, 0.1) is 6.92 Å². The van der Waals surface area contributed by atoms with Crippen molar-refractivity contribution < 1.29 is 19.1 Å². The van der Waals surface area contributed by atoms with Crippen LogP contribution >= 0.6 is 11.6 Å². The van der Waals surface area contributed by atoms with E-state index in [0.717, 1.165) is 5.56 Å². The fourth-order valence-corrected chi connectivity index (χ4v) is 1.91. The lowest BCUT2D eigenvalue weighted by molar-refractivity contribution is 0.0587. The van der Waals surface area contributed by atoms with E-state index in [1.54, 1.807) is 30.3 Å². The van der Waals surface area contributed by atoms with E-state index in [2.05, 4.69) is 4.74 Å². The highest BCUT2D eigenvalue weighted by molar-refractivity contribution is 6.31. The normalized spacial score (nSPS) is 10.0. The van der Waals surface area contributed by atoms with E-state index >= 15 is 0 Å². The molecular formula is C16H13ClO4. The van der Waals surface area contributed by atoms with Crippen LogP contribution in [-0.2, 0) is 4.74 Å². The molecule has 0 aromatic heterocycles. The molecule has 0 radical (unpaired) electrons. The van der Waals surface area contributed by atoms with Crippen LogP contribution < -0.4 is 4.74 Å². The highest BCUT2D eigenvalue weighted by atomic mass is 35.5. The monoisotopic (exact) mass is 304 g/mol. The number of rotatable bonds is 3. The number of ether oxygens (including phenoxy) is 2. The summed E-state index contributed by atoms with van der Waals surface area (Å²) in [5.41, 5.74) is 1.11. The Labute approximate surface area is 127 Å². The molecule has 0 aliphatic heterocycles. The van der Waals surface area contributed by atoms with Crippen molar-refractivity contribution in [1.29, 1.82) is 0 Å². The van der Waals surface area contributed by atoms with Crippen LogP contribution in [0.4, 0.5) is 0 Å². The Bertz CT molecular complexity index is 694. The molecule has 0 heterocycles. The molecule has 2 aromatic carbocycles. The molecule has 0 aliphatic rings.